The highest BCUT2D eigenvalue weighted by atomic mass is 16.3. The first kappa shape index (κ1) is 28.7. The van der Waals surface area contributed by atoms with E-state index >= 15 is 0 Å². The van der Waals surface area contributed by atoms with Crippen LogP contribution in [0.2, 0.25) is 0 Å². The van der Waals surface area contributed by atoms with Crippen LogP contribution in [0.1, 0.15) is 25.0 Å². The molecule has 236 valence electrons. The lowest BCUT2D eigenvalue weighted by Gasteiger charge is -2.22. The number of nitrogens with zero attached hydrogens (tertiary/aromatic N) is 2. The Morgan fingerprint density at radius 2 is 1.02 bits per heavy atom. The van der Waals surface area contributed by atoms with E-state index in [0.29, 0.717) is 5.82 Å². The quantitative estimate of drug-likeness (QED) is 0.192. The Hall–Kier alpha value is -6.32. The van der Waals surface area contributed by atoms with E-state index < -0.39 is 0 Å². The summed E-state index contributed by atoms with van der Waals surface area (Å²) >= 11 is 0. The molecule has 3 nitrogen and oxygen atoms in total. The van der Waals surface area contributed by atoms with E-state index in [0.717, 1.165) is 55.4 Å². The first-order valence-corrected chi connectivity index (χ1v) is 17.2. The van der Waals surface area contributed by atoms with Gasteiger partial charge in [-0.05, 0) is 68.4 Å². The van der Waals surface area contributed by atoms with Crippen molar-refractivity contribution in [3.05, 3.63) is 169 Å². The SMILES string of the molecule is CC1(C)c2ccccc2-c2ccc(-c3ccc(-c4cc(-c5cccc6c5oc5ccccc56)nc(-c5ccccc5)n4)c4ccccc34)cc21. The van der Waals surface area contributed by atoms with Gasteiger partial charge in [0.15, 0.2) is 5.82 Å². The van der Waals surface area contributed by atoms with Crippen molar-refractivity contribution in [1.82, 2.24) is 9.97 Å². The van der Waals surface area contributed by atoms with Crippen LogP contribution in [0.25, 0.3) is 88.9 Å². The topological polar surface area (TPSA) is 38.9 Å². The van der Waals surface area contributed by atoms with E-state index in [2.05, 4.69) is 141 Å². The second-order valence-electron chi connectivity index (χ2n) is 13.7. The average Bonchev–Trinajstić information content (AvgIpc) is 3.66. The Morgan fingerprint density at radius 1 is 0.420 bits per heavy atom. The van der Waals surface area contributed by atoms with Gasteiger partial charge in [0.1, 0.15) is 11.2 Å². The van der Waals surface area contributed by atoms with Crippen LogP contribution in [0.15, 0.2) is 162 Å². The first-order chi connectivity index (χ1) is 24.5. The van der Waals surface area contributed by atoms with Gasteiger partial charge in [-0.15, -0.1) is 0 Å². The predicted molar refractivity (Wildman–Crippen MR) is 206 cm³/mol. The van der Waals surface area contributed by atoms with Crippen molar-refractivity contribution in [1.29, 1.82) is 0 Å². The zero-order chi connectivity index (χ0) is 33.4. The molecule has 0 amide bonds. The summed E-state index contributed by atoms with van der Waals surface area (Å²) in [5.74, 6) is 0.680. The minimum Gasteiger partial charge on any atom is -0.455 e. The molecule has 0 spiro atoms. The van der Waals surface area contributed by atoms with Gasteiger partial charge in [-0.2, -0.15) is 0 Å². The molecule has 0 N–H and O–H groups in total. The molecule has 1 aliphatic carbocycles. The van der Waals surface area contributed by atoms with Crippen LogP contribution < -0.4 is 0 Å². The summed E-state index contributed by atoms with van der Waals surface area (Å²) in [6, 6.07) is 55.8. The maximum Gasteiger partial charge on any atom is 0.160 e. The van der Waals surface area contributed by atoms with Crippen molar-refractivity contribution in [2.75, 3.05) is 0 Å². The molecule has 9 aromatic rings. The van der Waals surface area contributed by atoms with E-state index in [9.17, 15) is 0 Å². The molecule has 0 saturated heterocycles. The number of hydrogen-bond donors (Lipinski definition) is 0. The summed E-state index contributed by atoms with van der Waals surface area (Å²) in [5.41, 5.74) is 14.2. The molecule has 0 radical (unpaired) electrons. The zero-order valence-corrected chi connectivity index (χ0v) is 27.8. The van der Waals surface area contributed by atoms with Crippen molar-refractivity contribution in [2.24, 2.45) is 0 Å². The molecule has 10 rings (SSSR count). The van der Waals surface area contributed by atoms with Crippen LogP contribution in [0.5, 0.6) is 0 Å². The number of rotatable bonds is 4. The van der Waals surface area contributed by atoms with Crippen molar-refractivity contribution in [3.63, 3.8) is 0 Å². The van der Waals surface area contributed by atoms with Crippen LogP contribution in [0.3, 0.4) is 0 Å². The van der Waals surface area contributed by atoms with Gasteiger partial charge in [-0.25, -0.2) is 9.97 Å². The van der Waals surface area contributed by atoms with Crippen molar-refractivity contribution in [3.8, 4) is 56.2 Å². The fraction of sp³-hybridized carbons (Fsp3) is 0.0638. The number of fused-ring (bicyclic) bond motifs is 7. The van der Waals surface area contributed by atoms with Crippen LogP contribution in [-0.2, 0) is 5.41 Å². The molecule has 0 aliphatic heterocycles. The van der Waals surface area contributed by atoms with Gasteiger partial charge in [0.25, 0.3) is 0 Å². The maximum atomic E-state index is 6.47. The minimum absolute atomic E-state index is 0.0639. The van der Waals surface area contributed by atoms with E-state index in [-0.39, 0.29) is 5.41 Å². The van der Waals surface area contributed by atoms with Crippen LogP contribution in [-0.4, -0.2) is 9.97 Å². The molecule has 0 unspecified atom stereocenters. The van der Waals surface area contributed by atoms with Crippen molar-refractivity contribution < 1.29 is 4.42 Å². The summed E-state index contributed by atoms with van der Waals surface area (Å²) in [6.07, 6.45) is 0. The number of furan rings is 1. The lowest BCUT2D eigenvalue weighted by Crippen LogP contribution is -2.14. The van der Waals surface area contributed by atoms with Gasteiger partial charge in [0.2, 0.25) is 0 Å². The van der Waals surface area contributed by atoms with Crippen LogP contribution >= 0.6 is 0 Å². The molecule has 0 bridgehead atoms. The molecule has 50 heavy (non-hydrogen) atoms. The lowest BCUT2D eigenvalue weighted by atomic mass is 9.81. The van der Waals surface area contributed by atoms with Crippen LogP contribution in [0, 0.1) is 0 Å². The van der Waals surface area contributed by atoms with E-state index in [1.807, 2.05) is 30.3 Å². The number of benzene rings is 7. The molecule has 0 saturated carbocycles. The third-order valence-corrected chi connectivity index (χ3v) is 10.5. The lowest BCUT2D eigenvalue weighted by molar-refractivity contribution is 0.660. The van der Waals surface area contributed by atoms with Gasteiger partial charge in [0, 0.05) is 32.9 Å². The largest absolute Gasteiger partial charge is 0.455 e. The Balaban J connectivity index is 1.17. The third kappa shape index (κ3) is 4.30. The van der Waals surface area contributed by atoms with Gasteiger partial charge in [-0.1, -0.05) is 147 Å². The summed E-state index contributed by atoms with van der Waals surface area (Å²) in [7, 11) is 0. The standard InChI is InChI=1S/C47H32N2O/c1-47(2)40-21-10-8-17-34(40)35-24-23-30(27-41(35)47)31-25-26-36(33-16-7-6-15-32(31)33)42-28-43(49-46(48-42)29-13-4-3-5-14-29)39-20-12-19-38-37-18-9-11-22-44(37)50-45(38)39/h3-28H,1-2H3. The Labute approximate surface area is 290 Å². The van der Waals surface area contributed by atoms with E-state index in [1.165, 1.54) is 38.8 Å². The van der Waals surface area contributed by atoms with E-state index in [1.54, 1.807) is 0 Å². The molecule has 2 aromatic heterocycles. The molecular formula is C47H32N2O. The van der Waals surface area contributed by atoms with Gasteiger partial charge in [-0.3, -0.25) is 0 Å². The number of aromatic nitrogens is 2. The Kier molecular flexibility index (Phi) is 6.22. The van der Waals surface area contributed by atoms with Gasteiger partial charge >= 0.3 is 0 Å². The molecule has 3 heteroatoms. The first-order valence-electron chi connectivity index (χ1n) is 17.2. The molecule has 0 fully saturated rings. The fourth-order valence-electron chi connectivity index (χ4n) is 8.03. The number of hydrogen-bond acceptors (Lipinski definition) is 3. The maximum absolute atomic E-state index is 6.47. The number of para-hydroxylation sites is 2. The monoisotopic (exact) mass is 640 g/mol. The van der Waals surface area contributed by atoms with Crippen molar-refractivity contribution in [2.45, 2.75) is 19.3 Å². The second-order valence-corrected chi connectivity index (χ2v) is 13.7. The fourth-order valence-corrected chi connectivity index (χ4v) is 8.03. The normalized spacial score (nSPS) is 13.2. The molecule has 7 aromatic carbocycles. The summed E-state index contributed by atoms with van der Waals surface area (Å²) in [4.78, 5) is 10.4. The van der Waals surface area contributed by atoms with Crippen LogP contribution in [0.4, 0.5) is 0 Å². The summed E-state index contributed by atoms with van der Waals surface area (Å²) in [6.45, 7) is 4.68. The van der Waals surface area contributed by atoms with E-state index in [4.69, 9.17) is 14.4 Å². The molecule has 1 aliphatic rings. The summed E-state index contributed by atoms with van der Waals surface area (Å²) in [5, 5.41) is 4.52. The predicted octanol–water partition coefficient (Wildman–Crippen LogP) is 12.5. The molecule has 2 heterocycles. The van der Waals surface area contributed by atoms with Crippen molar-refractivity contribution >= 4 is 32.7 Å². The highest BCUT2D eigenvalue weighted by molar-refractivity contribution is 6.10. The Bertz CT molecular complexity index is 2790. The highest BCUT2D eigenvalue weighted by Gasteiger charge is 2.35. The molecule has 0 atom stereocenters. The third-order valence-electron chi connectivity index (χ3n) is 10.5. The minimum atomic E-state index is -0.0639. The second kappa shape index (κ2) is 10.8. The smallest absolute Gasteiger partial charge is 0.160 e. The average molecular weight is 641 g/mol. The van der Waals surface area contributed by atoms with Gasteiger partial charge < -0.3 is 4.42 Å². The Morgan fingerprint density at radius 3 is 1.86 bits per heavy atom. The summed E-state index contributed by atoms with van der Waals surface area (Å²) < 4.78 is 6.47. The molecular weight excluding hydrogens is 609 g/mol. The highest BCUT2D eigenvalue weighted by Crippen LogP contribution is 2.50. The van der Waals surface area contributed by atoms with Gasteiger partial charge in [0.05, 0.1) is 11.4 Å². The zero-order valence-electron chi connectivity index (χ0n) is 27.8.